The van der Waals surface area contributed by atoms with Crippen LogP contribution in [0.4, 0.5) is 4.39 Å². The third-order valence-corrected chi connectivity index (χ3v) is 2.54. The molecule has 0 heterocycles. The van der Waals surface area contributed by atoms with Gasteiger partial charge in [-0.05, 0) is 17.5 Å². The summed E-state index contributed by atoms with van der Waals surface area (Å²) in [6.45, 7) is 3.74. The van der Waals surface area contributed by atoms with Crippen LogP contribution in [0.3, 0.4) is 0 Å². The monoisotopic (exact) mass is 241 g/mol. The van der Waals surface area contributed by atoms with Gasteiger partial charge in [-0.3, -0.25) is 4.79 Å². The molecule has 1 atom stereocenters. The molecular formula is C12H16FNO3. The fraction of sp³-hybridized carbons (Fsp3) is 0.417. The van der Waals surface area contributed by atoms with E-state index in [9.17, 15) is 9.18 Å². The molecule has 5 heteroatoms. The maximum Gasteiger partial charge on any atom is 0.325 e. The largest absolute Gasteiger partial charge is 0.496 e. The maximum absolute atomic E-state index is 13.4. The third-order valence-electron chi connectivity index (χ3n) is 2.54. The second-order valence-electron chi connectivity index (χ2n) is 4.08. The van der Waals surface area contributed by atoms with E-state index >= 15 is 0 Å². The van der Waals surface area contributed by atoms with E-state index in [2.05, 4.69) is 0 Å². The van der Waals surface area contributed by atoms with Gasteiger partial charge in [0, 0.05) is 11.6 Å². The first-order chi connectivity index (χ1) is 7.88. The number of carboxylic acids is 1. The van der Waals surface area contributed by atoms with Crippen molar-refractivity contribution in [2.24, 2.45) is 5.73 Å². The number of methoxy groups -OCH3 is 1. The fourth-order valence-corrected chi connectivity index (χ4v) is 1.79. The van der Waals surface area contributed by atoms with Crippen LogP contribution < -0.4 is 10.5 Å². The van der Waals surface area contributed by atoms with Crippen molar-refractivity contribution in [2.45, 2.75) is 25.8 Å². The second kappa shape index (κ2) is 5.14. The van der Waals surface area contributed by atoms with Crippen molar-refractivity contribution in [3.8, 4) is 5.75 Å². The first kappa shape index (κ1) is 13.4. The molecule has 0 fully saturated rings. The molecule has 1 aromatic rings. The van der Waals surface area contributed by atoms with Crippen LogP contribution in [0, 0.1) is 5.82 Å². The lowest BCUT2D eigenvalue weighted by Gasteiger charge is -2.19. The molecule has 4 nitrogen and oxygen atoms in total. The smallest absolute Gasteiger partial charge is 0.325 e. The number of carboxylic acid groups (broad SMARTS) is 1. The topological polar surface area (TPSA) is 72.5 Å². The summed E-state index contributed by atoms with van der Waals surface area (Å²) in [5, 5.41) is 8.91. The summed E-state index contributed by atoms with van der Waals surface area (Å²) in [5.41, 5.74) is 6.43. The lowest BCUT2D eigenvalue weighted by atomic mass is 9.92. The number of hydrogen-bond acceptors (Lipinski definition) is 3. The van der Waals surface area contributed by atoms with E-state index in [0.717, 1.165) is 6.07 Å². The van der Waals surface area contributed by atoms with E-state index in [1.54, 1.807) is 0 Å². The van der Waals surface area contributed by atoms with Gasteiger partial charge in [-0.25, -0.2) is 4.39 Å². The average molecular weight is 241 g/mol. The standard InChI is InChI=1S/C12H16FNO3/c1-6(2)10-8(11(14)12(15)16)4-7(13)5-9(10)17-3/h4-6,11H,14H2,1-3H3,(H,15,16). The van der Waals surface area contributed by atoms with Gasteiger partial charge in [-0.2, -0.15) is 0 Å². The highest BCUT2D eigenvalue weighted by Crippen LogP contribution is 2.33. The highest BCUT2D eigenvalue weighted by Gasteiger charge is 2.23. The molecule has 0 saturated heterocycles. The Bertz CT molecular complexity index is 432. The van der Waals surface area contributed by atoms with Crippen molar-refractivity contribution in [1.29, 1.82) is 0 Å². The number of nitrogens with two attached hydrogens (primary N) is 1. The Kier molecular flexibility index (Phi) is 4.07. The van der Waals surface area contributed by atoms with Gasteiger partial charge in [0.2, 0.25) is 0 Å². The van der Waals surface area contributed by atoms with E-state index < -0.39 is 17.8 Å². The molecule has 0 amide bonds. The summed E-state index contributed by atoms with van der Waals surface area (Å²) < 4.78 is 18.4. The molecule has 17 heavy (non-hydrogen) atoms. The summed E-state index contributed by atoms with van der Waals surface area (Å²) in [5.74, 6) is -1.44. The fourth-order valence-electron chi connectivity index (χ4n) is 1.79. The van der Waals surface area contributed by atoms with Gasteiger partial charge < -0.3 is 15.6 Å². The van der Waals surface area contributed by atoms with Crippen LogP contribution in [0.15, 0.2) is 12.1 Å². The van der Waals surface area contributed by atoms with Crippen LogP contribution in [-0.4, -0.2) is 18.2 Å². The minimum atomic E-state index is -1.25. The molecule has 0 aliphatic heterocycles. The molecule has 0 radical (unpaired) electrons. The highest BCUT2D eigenvalue weighted by molar-refractivity contribution is 5.76. The third kappa shape index (κ3) is 2.74. The van der Waals surface area contributed by atoms with Crippen molar-refractivity contribution >= 4 is 5.97 Å². The van der Waals surface area contributed by atoms with E-state index in [0.29, 0.717) is 11.3 Å². The molecular weight excluding hydrogens is 225 g/mol. The molecule has 0 saturated carbocycles. The molecule has 1 unspecified atom stereocenters. The van der Waals surface area contributed by atoms with Gasteiger partial charge in [0.15, 0.2) is 0 Å². The summed E-state index contributed by atoms with van der Waals surface area (Å²) in [6.07, 6.45) is 0. The number of aliphatic carboxylic acids is 1. The van der Waals surface area contributed by atoms with Gasteiger partial charge in [0.1, 0.15) is 17.6 Å². The number of benzene rings is 1. The lowest BCUT2D eigenvalue weighted by molar-refractivity contribution is -0.138. The predicted molar refractivity (Wildman–Crippen MR) is 61.6 cm³/mol. The van der Waals surface area contributed by atoms with Crippen molar-refractivity contribution < 1.29 is 19.0 Å². The quantitative estimate of drug-likeness (QED) is 0.846. The van der Waals surface area contributed by atoms with Crippen molar-refractivity contribution in [3.63, 3.8) is 0 Å². The van der Waals surface area contributed by atoms with Crippen LogP contribution >= 0.6 is 0 Å². The van der Waals surface area contributed by atoms with Crippen LogP contribution in [0.25, 0.3) is 0 Å². The van der Waals surface area contributed by atoms with Crippen LogP contribution in [0.1, 0.15) is 36.9 Å². The van der Waals surface area contributed by atoms with Crippen LogP contribution in [0.2, 0.25) is 0 Å². The molecule has 0 bridgehead atoms. The molecule has 0 aliphatic rings. The number of halogens is 1. The van der Waals surface area contributed by atoms with Crippen LogP contribution in [-0.2, 0) is 4.79 Å². The molecule has 3 N–H and O–H groups in total. The maximum atomic E-state index is 13.4. The van der Waals surface area contributed by atoms with Gasteiger partial charge in [0.05, 0.1) is 7.11 Å². The first-order valence-corrected chi connectivity index (χ1v) is 5.24. The van der Waals surface area contributed by atoms with E-state index in [1.165, 1.54) is 13.2 Å². The summed E-state index contributed by atoms with van der Waals surface area (Å²) in [4.78, 5) is 10.9. The Hall–Kier alpha value is -1.62. The predicted octanol–water partition coefficient (Wildman–Crippen LogP) is 2.04. The van der Waals surface area contributed by atoms with E-state index in [4.69, 9.17) is 15.6 Å². The zero-order valence-corrected chi connectivity index (χ0v) is 10.0. The molecule has 1 aromatic carbocycles. The minimum Gasteiger partial charge on any atom is -0.496 e. The second-order valence-corrected chi connectivity index (χ2v) is 4.08. The summed E-state index contributed by atoms with van der Waals surface area (Å²) >= 11 is 0. The van der Waals surface area contributed by atoms with Gasteiger partial charge in [-0.15, -0.1) is 0 Å². The zero-order valence-electron chi connectivity index (χ0n) is 10.0. The van der Waals surface area contributed by atoms with Crippen molar-refractivity contribution in [2.75, 3.05) is 7.11 Å². The van der Waals surface area contributed by atoms with Crippen molar-refractivity contribution in [1.82, 2.24) is 0 Å². The van der Waals surface area contributed by atoms with Crippen molar-refractivity contribution in [3.05, 3.63) is 29.1 Å². The highest BCUT2D eigenvalue weighted by atomic mass is 19.1. The van der Waals surface area contributed by atoms with E-state index in [-0.39, 0.29) is 11.5 Å². The Morgan fingerprint density at radius 3 is 2.47 bits per heavy atom. The number of ether oxygens (including phenoxy) is 1. The molecule has 0 aliphatic carbocycles. The van der Waals surface area contributed by atoms with E-state index in [1.807, 2.05) is 13.8 Å². The van der Waals surface area contributed by atoms with Gasteiger partial charge in [0.25, 0.3) is 0 Å². The van der Waals surface area contributed by atoms with Gasteiger partial charge >= 0.3 is 5.97 Å². The first-order valence-electron chi connectivity index (χ1n) is 5.24. The SMILES string of the molecule is COc1cc(F)cc(C(N)C(=O)O)c1C(C)C. The molecule has 0 aromatic heterocycles. The Morgan fingerprint density at radius 1 is 1.47 bits per heavy atom. The molecule has 1 rings (SSSR count). The average Bonchev–Trinajstić information content (AvgIpc) is 2.25. The Balaban J connectivity index is 3.45. The Labute approximate surface area is 99.2 Å². The number of carbonyl (C=O) groups is 1. The summed E-state index contributed by atoms with van der Waals surface area (Å²) in [6, 6.07) is 1.13. The minimum absolute atomic E-state index is 0.00838. The number of hydrogen-bond donors (Lipinski definition) is 2. The Morgan fingerprint density at radius 2 is 2.06 bits per heavy atom. The van der Waals surface area contributed by atoms with Gasteiger partial charge in [-0.1, -0.05) is 13.8 Å². The zero-order chi connectivity index (χ0) is 13.2. The lowest BCUT2D eigenvalue weighted by Crippen LogP contribution is -2.23. The molecule has 94 valence electrons. The van der Waals surface area contributed by atoms with Crippen LogP contribution in [0.5, 0.6) is 5.75 Å². The number of rotatable bonds is 4. The normalized spacial score (nSPS) is 12.6. The summed E-state index contributed by atoms with van der Waals surface area (Å²) in [7, 11) is 1.41. The molecule has 0 spiro atoms.